The van der Waals surface area contributed by atoms with Gasteiger partial charge in [0.2, 0.25) is 0 Å². The number of hydrogen-bond donors (Lipinski definition) is 2. The summed E-state index contributed by atoms with van der Waals surface area (Å²) in [4.78, 5) is 12.0. The summed E-state index contributed by atoms with van der Waals surface area (Å²) in [5.41, 5.74) is 6.87. The van der Waals surface area contributed by atoms with E-state index >= 15 is 0 Å². The van der Waals surface area contributed by atoms with Crippen molar-refractivity contribution in [3.63, 3.8) is 0 Å². The molecule has 3 N–H and O–H groups in total. The van der Waals surface area contributed by atoms with Crippen LogP contribution in [0.15, 0.2) is 36.4 Å². The number of carbonyl (C=O) groups is 1. The molecule has 20 heavy (non-hydrogen) atoms. The summed E-state index contributed by atoms with van der Waals surface area (Å²) in [7, 11) is 0. The molecule has 0 saturated carbocycles. The van der Waals surface area contributed by atoms with Crippen LogP contribution in [0.5, 0.6) is 0 Å². The van der Waals surface area contributed by atoms with Crippen molar-refractivity contribution in [3.05, 3.63) is 58.4 Å². The number of nitrogens with one attached hydrogen (secondary N) is 1. The summed E-state index contributed by atoms with van der Waals surface area (Å²) in [5.74, 6) is -1.03. The number of nitriles is 1. The highest BCUT2D eigenvalue weighted by atomic mass is 35.5. The van der Waals surface area contributed by atoms with E-state index in [-0.39, 0.29) is 16.3 Å². The first-order valence-electron chi connectivity index (χ1n) is 5.57. The number of amides is 1. The molecule has 2 aromatic rings. The molecule has 0 saturated heterocycles. The molecule has 1 amide bonds. The highest BCUT2D eigenvalue weighted by Gasteiger charge is 2.12. The molecule has 2 aromatic carbocycles. The summed E-state index contributed by atoms with van der Waals surface area (Å²) >= 11 is 5.80. The fourth-order valence-corrected chi connectivity index (χ4v) is 1.86. The van der Waals surface area contributed by atoms with Gasteiger partial charge in [-0.3, -0.25) is 4.79 Å². The largest absolute Gasteiger partial charge is 0.397 e. The van der Waals surface area contributed by atoms with E-state index in [1.54, 1.807) is 0 Å². The number of nitrogens with two attached hydrogens (primary N) is 1. The summed E-state index contributed by atoms with van der Waals surface area (Å²) < 4.78 is 12.9. The second-order valence-electron chi connectivity index (χ2n) is 3.99. The maximum absolute atomic E-state index is 12.9. The Morgan fingerprint density at radius 3 is 2.65 bits per heavy atom. The fraction of sp³-hybridized carbons (Fsp3) is 0. The monoisotopic (exact) mass is 289 g/mol. The molecular weight excluding hydrogens is 281 g/mol. The molecular formula is C14H9ClFN3O. The Morgan fingerprint density at radius 2 is 2.05 bits per heavy atom. The summed E-state index contributed by atoms with van der Waals surface area (Å²) in [6.07, 6.45) is 0. The number of carbonyl (C=O) groups excluding carboxylic acids is 1. The molecule has 0 spiro atoms. The number of benzene rings is 2. The minimum atomic E-state index is -0.524. The molecule has 0 radical (unpaired) electrons. The van der Waals surface area contributed by atoms with E-state index < -0.39 is 11.7 Å². The molecule has 100 valence electrons. The first-order valence-corrected chi connectivity index (χ1v) is 5.95. The van der Waals surface area contributed by atoms with Crippen LogP contribution in [-0.2, 0) is 0 Å². The lowest BCUT2D eigenvalue weighted by Gasteiger charge is -2.09. The van der Waals surface area contributed by atoms with E-state index in [0.717, 1.165) is 12.1 Å². The van der Waals surface area contributed by atoms with Crippen molar-refractivity contribution >= 4 is 28.9 Å². The van der Waals surface area contributed by atoms with Gasteiger partial charge in [0.05, 0.1) is 33.6 Å². The van der Waals surface area contributed by atoms with Gasteiger partial charge in [-0.25, -0.2) is 4.39 Å². The van der Waals surface area contributed by atoms with Crippen molar-refractivity contribution in [1.82, 2.24) is 0 Å². The summed E-state index contributed by atoms with van der Waals surface area (Å²) in [5, 5.41) is 11.3. The zero-order valence-electron chi connectivity index (χ0n) is 10.2. The highest BCUT2D eigenvalue weighted by molar-refractivity contribution is 6.34. The Hall–Kier alpha value is -2.58. The normalized spacial score (nSPS) is 9.85. The van der Waals surface area contributed by atoms with Gasteiger partial charge in [0.1, 0.15) is 5.82 Å². The van der Waals surface area contributed by atoms with E-state index in [1.165, 1.54) is 24.3 Å². The maximum Gasteiger partial charge on any atom is 0.257 e. The number of nitrogens with zero attached hydrogens (tertiary/aromatic N) is 1. The van der Waals surface area contributed by atoms with E-state index in [0.29, 0.717) is 11.3 Å². The molecule has 0 unspecified atom stereocenters. The first-order chi connectivity index (χ1) is 9.51. The lowest BCUT2D eigenvalue weighted by atomic mass is 10.1. The van der Waals surface area contributed by atoms with Crippen LogP contribution in [-0.4, -0.2) is 5.91 Å². The highest BCUT2D eigenvalue weighted by Crippen LogP contribution is 2.23. The third-order valence-electron chi connectivity index (χ3n) is 2.60. The van der Waals surface area contributed by atoms with Crippen LogP contribution in [0, 0.1) is 17.1 Å². The van der Waals surface area contributed by atoms with Gasteiger partial charge in [0.25, 0.3) is 5.91 Å². The zero-order chi connectivity index (χ0) is 14.7. The molecule has 0 heterocycles. The van der Waals surface area contributed by atoms with Gasteiger partial charge in [-0.1, -0.05) is 11.6 Å². The quantitative estimate of drug-likeness (QED) is 0.833. The molecule has 2 rings (SSSR count). The average molecular weight is 290 g/mol. The molecule has 0 aromatic heterocycles. The molecule has 0 aliphatic heterocycles. The van der Waals surface area contributed by atoms with Crippen LogP contribution in [0.25, 0.3) is 0 Å². The third-order valence-corrected chi connectivity index (χ3v) is 2.92. The Morgan fingerprint density at radius 1 is 1.30 bits per heavy atom. The van der Waals surface area contributed by atoms with Crippen molar-refractivity contribution in [2.45, 2.75) is 0 Å². The minimum Gasteiger partial charge on any atom is -0.397 e. The van der Waals surface area contributed by atoms with E-state index in [1.807, 2.05) is 6.07 Å². The van der Waals surface area contributed by atoms with Crippen LogP contribution in [0.3, 0.4) is 0 Å². The van der Waals surface area contributed by atoms with Crippen LogP contribution in [0.4, 0.5) is 15.8 Å². The Bertz CT molecular complexity index is 725. The Balaban J connectivity index is 2.26. The first kappa shape index (κ1) is 13.8. The number of hydrogen-bond acceptors (Lipinski definition) is 3. The van der Waals surface area contributed by atoms with Crippen LogP contribution in [0.1, 0.15) is 15.9 Å². The van der Waals surface area contributed by atoms with Gasteiger partial charge < -0.3 is 11.1 Å². The van der Waals surface area contributed by atoms with Gasteiger partial charge in [-0.15, -0.1) is 0 Å². The lowest BCUT2D eigenvalue weighted by Crippen LogP contribution is -2.14. The molecule has 0 aliphatic rings. The molecule has 0 bridgehead atoms. The smallest absolute Gasteiger partial charge is 0.257 e. The molecule has 0 aliphatic carbocycles. The van der Waals surface area contributed by atoms with E-state index in [4.69, 9.17) is 22.6 Å². The zero-order valence-corrected chi connectivity index (χ0v) is 10.9. The third kappa shape index (κ3) is 2.87. The maximum atomic E-state index is 12.9. The second-order valence-corrected chi connectivity index (χ2v) is 4.40. The predicted molar refractivity (Wildman–Crippen MR) is 74.9 cm³/mol. The van der Waals surface area contributed by atoms with Crippen LogP contribution >= 0.6 is 11.6 Å². The van der Waals surface area contributed by atoms with Gasteiger partial charge in [-0.2, -0.15) is 5.26 Å². The number of rotatable bonds is 2. The number of nitrogen functional groups attached to an aromatic ring is 1. The Labute approximate surface area is 119 Å². The van der Waals surface area contributed by atoms with Crippen molar-refractivity contribution in [2.24, 2.45) is 0 Å². The van der Waals surface area contributed by atoms with Crippen molar-refractivity contribution < 1.29 is 9.18 Å². The SMILES string of the molecule is N#Cc1ccc(NC(=O)c2ccc(F)cc2Cl)c(N)c1. The Kier molecular flexibility index (Phi) is 3.87. The van der Waals surface area contributed by atoms with Crippen molar-refractivity contribution in [2.75, 3.05) is 11.1 Å². The van der Waals surface area contributed by atoms with Gasteiger partial charge >= 0.3 is 0 Å². The fourth-order valence-electron chi connectivity index (χ4n) is 1.61. The van der Waals surface area contributed by atoms with Gasteiger partial charge in [0.15, 0.2) is 0 Å². The van der Waals surface area contributed by atoms with E-state index in [9.17, 15) is 9.18 Å². The molecule has 0 fully saturated rings. The van der Waals surface area contributed by atoms with Gasteiger partial charge in [0, 0.05) is 0 Å². The second kappa shape index (κ2) is 5.59. The minimum absolute atomic E-state index is 0.00900. The molecule has 4 nitrogen and oxygen atoms in total. The van der Waals surface area contributed by atoms with Crippen LogP contribution in [0.2, 0.25) is 5.02 Å². The number of anilines is 2. The lowest BCUT2D eigenvalue weighted by molar-refractivity contribution is 0.102. The number of halogens is 2. The van der Waals surface area contributed by atoms with E-state index in [2.05, 4.69) is 5.32 Å². The van der Waals surface area contributed by atoms with Crippen molar-refractivity contribution in [1.29, 1.82) is 5.26 Å². The average Bonchev–Trinajstić information content (AvgIpc) is 2.40. The predicted octanol–water partition coefficient (Wildman–Crippen LogP) is 3.19. The topological polar surface area (TPSA) is 78.9 Å². The summed E-state index contributed by atoms with van der Waals surface area (Å²) in [6, 6.07) is 9.91. The van der Waals surface area contributed by atoms with Crippen LogP contribution < -0.4 is 11.1 Å². The summed E-state index contributed by atoms with van der Waals surface area (Å²) in [6.45, 7) is 0. The van der Waals surface area contributed by atoms with Crippen molar-refractivity contribution in [3.8, 4) is 6.07 Å². The van der Waals surface area contributed by atoms with Gasteiger partial charge in [-0.05, 0) is 36.4 Å². The molecule has 6 heteroatoms. The standard InChI is InChI=1S/C14H9ClFN3O/c15-11-6-9(16)2-3-10(11)14(20)19-13-4-1-8(7-17)5-12(13)18/h1-6H,18H2,(H,19,20). The molecule has 0 atom stereocenters.